The van der Waals surface area contributed by atoms with Gasteiger partial charge in [-0.05, 0) is 23.1 Å². The molecule has 2 atom stereocenters. The average molecular weight is 286 g/mol. The van der Waals surface area contributed by atoms with Gasteiger partial charge in [0.1, 0.15) is 0 Å². The number of piperidine rings is 1. The molecular weight excluding hydrogens is 264 g/mol. The highest BCUT2D eigenvalue weighted by atomic mass is 16.2. The number of amides is 2. The van der Waals surface area contributed by atoms with E-state index in [0.29, 0.717) is 11.7 Å². The maximum Gasteiger partial charge on any atom is 0.238 e. The van der Waals surface area contributed by atoms with Crippen molar-refractivity contribution in [2.75, 3.05) is 4.90 Å². The van der Waals surface area contributed by atoms with Crippen molar-refractivity contribution in [2.24, 2.45) is 17.3 Å². The first-order valence-electron chi connectivity index (χ1n) is 7.54. The van der Waals surface area contributed by atoms with Crippen LogP contribution >= 0.6 is 0 Å². The summed E-state index contributed by atoms with van der Waals surface area (Å²) in [5.74, 6) is -0.314. The lowest BCUT2D eigenvalue weighted by Crippen LogP contribution is -2.36. The Labute approximate surface area is 125 Å². The third-order valence-corrected chi connectivity index (χ3v) is 4.71. The van der Waals surface area contributed by atoms with Crippen LogP contribution < -0.4 is 10.2 Å². The highest BCUT2D eigenvalue weighted by molar-refractivity contribution is 6.25. The SMILES string of the molecule is CC(C)NCc1ccc(N2C(=O)C3C(C2=O)C3(C)C)cc1. The third kappa shape index (κ3) is 2.18. The molecule has 2 fully saturated rings. The van der Waals surface area contributed by atoms with E-state index in [-0.39, 0.29) is 29.1 Å². The quantitative estimate of drug-likeness (QED) is 0.864. The van der Waals surface area contributed by atoms with Gasteiger partial charge in [-0.15, -0.1) is 0 Å². The van der Waals surface area contributed by atoms with E-state index in [1.165, 1.54) is 4.90 Å². The molecule has 1 aliphatic carbocycles. The Morgan fingerprint density at radius 1 is 1.10 bits per heavy atom. The fraction of sp³-hybridized carbons (Fsp3) is 0.529. The minimum atomic E-state index is -0.147. The van der Waals surface area contributed by atoms with Crippen molar-refractivity contribution in [2.45, 2.75) is 40.3 Å². The monoisotopic (exact) mass is 286 g/mol. The number of rotatable bonds is 4. The van der Waals surface area contributed by atoms with Gasteiger partial charge in [0.05, 0.1) is 17.5 Å². The van der Waals surface area contributed by atoms with Crippen LogP contribution in [-0.4, -0.2) is 17.9 Å². The number of fused-ring (bicyclic) bond motifs is 1. The first-order chi connectivity index (χ1) is 9.84. The Balaban J connectivity index is 1.74. The molecule has 1 aromatic rings. The summed E-state index contributed by atoms with van der Waals surface area (Å²) in [6.45, 7) is 8.98. The standard InChI is InChI=1S/C17H22N2O2/c1-10(2)18-9-11-5-7-12(8-6-11)19-15(20)13-14(16(19)21)17(13,3)4/h5-8,10,13-14,18H,9H2,1-4H3. The van der Waals surface area contributed by atoms with Crippen molar-refractivity contribution in [1.82, 2.24) is 5.32 Å². The van der Waals surface area contributed by atoms with E-state index in [1.807, 2.05) is 38.1 Å². The normalized spacial score (nSPS) is 26.4. The molecular formula is C17H22N2O2. The molecule has 21 heavy (non-hydrogen) atoms. The molecule has 1 N–H and O–H groups in total. The first kappa shape index (κ1) is 14.3. The van der Waals surface area contributed by atoms with Crippen LogP contribution in [0.2, 0.25) is 0 Å². The maximum atomic E-state index is 12.4. The van der Waals surface area contributed by atoms with Crippen LogP contribution in [0.5, 0.6) is 0 Å². The highest BCUT2D eigenvalue weighted by Crippen LogP contribution is 2.63. The zero-order valence-electron chi connectivity index (χ0n) is 13.0. The predicted molar refractivity (Wildman–Crippen MR) is 81.7 cm³/mol. The lowest BCUT2D eigenvalue weighted by molar-refractivity contribution is -0.125. The summed E-state index contributed by atoms with van der Waals surface area (Å²) >= 11 is 0. The highest BCUT2D eigenvalue weighted by Gasteiger charge is 2.72. The zero-order valence-corrected chi connectivity index (χ0v) is 13.0. The Hall–Kier alpha value is -1.68. The molecule has 0 radical (unpaired) electrons. The van der Waals surface area contributed by atoms with Crippen LogP contribution in [0.1, 0.15) is 33.3 Å². The molecule has 1 saturated heterocycles. The van der Waals surface area contributed by atoms with Crippen LogP contribution in [-0.2, 0) is 16.1 Å². The molecule has 1 aromatic carbocycles. The molecule has 2 aliphatic rings. The zero-order chi connectivity index (χ0) is 15.4. The molecule has 4 nitrogen and oxygen atoms in total. The van der Waals surface area contributed by atoms with Crippen molar-refractivity contribution in [1.29, 1.82) is 0 Å². The summed E-state index contributed by atoms with van der Waals surface area (Å²) < 4.78 is 0. The topological polar surface area (TPSA) is 49.4 Å². The van der Waals surface area contributed by atoms with Crippen LogP contribution in [0.3, 0.4) is 0 Å². The minimum absolute atomic E-state index is 0.0388. The van der Waals surface area contributed by atoms with Gasteiger partial charge in [-0.1, -0.05) is 39.8 Å². The molecule has 1 aliphatic heterocycles. The number of carbonyl (C=O) groups is 2. The molecule has 112 valence electrons. The number of anilines is 1. The van der Waals surface area contributed by atoms with Crippen LogP contribution in [0.15, 0.2) is 24.3 Å². The molecule has 2 unspecified atom stereocenters. The molecule has 0 spiro atoms. The minimum Gasteiger partial charge on any atom is -0.310 e. The second-order valence-corrected chi connectivity index (χ2v) is 6.99. The molecule has 1 saturated carbocycles. The average Bonchev–Trinajstić information content (AvgIpc) is 2.88. The second-order valence-electron chi connectivity index (χ2n) is 6.99. The fourth-order valence-electron chi connectivity index (χ4n) is 3.29. The fourth-order valence-corrected chi connectivity index (χ4v) is 3.29. The van der Waals surface area contributed by atoms with E-state index in [2.05, 4.69) is 19.2 Å². The Morgan fingerprint density at radius 2 is 1.62 bits per heavy atom. The summed E-state index contributed by atoms with van der Waals surface area (Å²) in [7, 11) is 0. The number of nitrogens with one attached hydrogen (secondary N) is 1. The number of hydrogen-bond donors (Lipinski definition) is 1. The number of nitrogens with zero attached hydrogens (tertiary/aromatic N) is 1. The van der Waals surface area contributed by atoms with Crippen molar-refractivity contribution in [3.05, 3.63) is 29.8 Å². The Kier molecular flexibility index (Phi) is 3.17. The third-order valence-electron chi connectivity index (χ3n) is 4.71. The summed E-state index contributed by atoms with van der Waals surface area (Å²) in [6.07, 6.45) is 0. The van der Waals surface area contributed by atoms with Crippen molar-refractivity contribution >= 4 is 17.5 Å². The van der Waals surface area contributed by atoms with Crippen LogP contribution in [0, 0.1) is 17.3 Å². The molecule has 3 rings (SSSR count). The van der Waals surface area contributed by atoms with Gasteiger partial charge in [0, 0.05) is 12.6 Å². The van der Waals surface area contributed by atoms with E-state index in [9.17, 15) is 9.59 Å². The smallest absolute Gasteiger partial charge is 0.238 e. The summed E-state index contributed by atoms with van der Waals surface area (Å²) in [5, 5.41) is 3.35. The molecule has 1 heterocycles. The van der Waals surface area contributed by atoms with Crippen LogP contribution in [0.4, 0.5) is 5.69 Å². The lowest BCUT2D eigenvalue weighted by Gasteiger charge is -2.20. The lowest BCUT2D eigenvalue weighted by atomic mass is 10.0. The largest absolute Gasteiger partial charge is 0.310 e. The van der Waals surface area contributed by atoms with Crippen molar-refractivity contribution in [3.8, 4) is 0 Å². The van der Waals surface area contributed by atoms with Gasteiger partial charge in [0.25, 0.3) is 0 Å². The number of carbonyl (C=O) groups excluding carboxylic acids is 2. The predicted octanol–water partition coefficient (Wildman–Crippen LogP) is 2.33. The van der Waals surface area contributed by atoms with Gasteiger partial charge in [-0.2, -0.15) is 0 Å². The number of benzene rings is 1. The molecule has 2 amide bonds. The summed E-state index contributed by atoms with van der Waals surface area (Å²) in [6, 6.07) is 8.11. The van der Waals surface area contributed by atoms with E-state index in [0.717, 1.165) is 12.1 Å². The second kappa shape index (κ2) is 4.67. The van der Waals surface area contributed by atoms with Gasteiger partial charge in [0.15, 0.2) is 0 Å². The molecule has 0 bridgehead atoms. The van der Waals surface area contributed by atoms with Gasteiger partial charge in [-0.25, -0.2) is 0 Å². The first-order valence-corrected chi connectivity index (χ1v) is 7.54. The van der Waals surface area contributed by atoms with E-state index >= 15 is 0 Å². The van der Waals surface area contributed by atoms with Gasteiger partial charge in [-0.3, -0.25) is 14.5 Å². The Morgan fingerprint density at radius 3 is 2.10 bits per heavy atom. The molecule has 4 heteroatoms. The van der Waals surface area contributed by atoms with Crippen LogP contribution in [0.25, 0.3) is 0 Å². The van der Waals surface area contributed by atoms with E-state index in [4.69, 9.17) is 0 Å². The Bertz CT molecular complexity index is 565. The summed E-state index contributed by atoms with van der Waals surface area (Å²) in [4.78, 5) is 26.1. The van der Waals surface area contributed by atoms with Gasteiger partial charge in [0.2, 0.25) is 11.8 Å². The number of hydrogen-bond acceptors (Lipinski definition) is 3. The van der Waals surface area contributed by atoms with Gasteiger partial charge < -0.3 is 5.32 Å². The van der Waals surface area contributed by atoms with E-state index < -0.39 is 0 Å². The number of imide groups is 1. The van der Waals surface area contributed by atoms with Crippen molar-refractivity contribution in [3.63, 3.8) is 0 Å². The molecule has 0 aromatic heterocycles. The van der Waals surface area contributed by atoms with Gasteiger partial charge >= 0.3 is 0 Å². The van der Waals surface area contributed by atoms with Crippen molar-refractivity contribution < 1.29 is 9.59 Å². The van der Waals surface area contributed by atoms with E-state index in [1.54, 1.807) is 0 Å². The summed E-state index contributed by atoms with van der Waals surface area (Å²) in [5.41, 5.74) is 1.70. The maximum absolute atomic E-state index is 12.4.